The van der Waals surface area contributed by atoms with Gasteiger partial charge in [-0.3, -0.25) is 14.3 Å². The molecule has 2 aliphatic rings. The van der Waals surface area contributed by atoms with E-state index in [4.69, 9.17) is 19.2 Å². The maximum Gasteiger partial charge on any atom is 0.231 e. The average Bonchev–Trinajstić information content (AvgIpc) is 3.46. The molecule has 0 aliphatic carbocycles. The van der Waals surface area contributed by atoms with E-state index in [0.717, 1.165) is 53.7 Å². The Kier molecular flexibility index (Phi) is 4.55. The molecule has 31 heavy (non-hydrogen) atoms. The molecule has 3 aromatic heterocycles. The van der Waals surface area contributed by atoms with Gasteiger partial charge >= 0.3 is 0 Å². The van der Waals surface area contributed by atoms with E-state index in [1.54, 1.807) is 0 Å². The lowest BCUT2D eigenvalue weighted by atomic mass is 10.1. The largest absolute Gasteiger partial charge is 0.454 e. The van der Waals surface area contributed by atoms with Gasteiger partial charge in [-0.1, -0.05) is 12.1 Å². The molecule has 0 N–H and O–H groups in total. The molecule has 6 rings (SSSR count). The second kappa shape index (κ2) is 7.68. The zero-order valence-corrected chi connectivity index (χ0v) is 17.0. The fourth-order valence-electron chi connectivity index (χ4n) is 4.27. The topological polar surface area (TPSA) is 61.1 Å². The van der Waals surface area contributed by atoms with Crippen LogP contribution in [0.25, 0.3) is 16.9 Å². The standard InChI is InChI=1S/C24H22N4O3/c1-2-20(18-6-8-25-9-7-18)28-14-19(26-24(28)3-1)23-15-27(10-11-29-23)13-17-4-5-21-22(12-17)31-16-30-21/h1-9,12,14,23H,10-11,13,15-16H2/t23-/m1/s1. The van der Waals surface area contributed by atoms with Gasteiger partial charge in [0, 0.05) is 43.8 Å². The highest BCUT2D eigenvalue weighted by atomic mass is 16.7. The van der Waals surface area contributed by atoms with Crippen LogP contribution in [0.1, 0.15) is 17.4 Å². The molecule has 156 valence electrons. The third-order valence-electron chi connectivity index (χ3n) is 5.81. The van der Waals surface area contributed by atoms with Crippen molar-refractivity contribution in [2.75, 3.05) is 26.5 Å². The van der Waals surface area contributed by atoms with Crippen molar-refractivity contribution in [3.8, 4) is 22.8 Å². The van der Waals surface area contributed by atoms with Crippen LogP contribution in [-0.2, 0) is 11.3 Å². The average molecular weight is 414 g/mol. The number of pyridine rings is 2. The minimum Gasteiger partial charge on any atom is -0.454 e. The maximum atomic E-state index is 6.11. The molecule has 4 aromatic rings. The smallest absolute Gasteiger partial charge is 0.231 e. The van der Waals surface area contributed by atoms with E-state index in [0.29, 0.717) is 13.4 Å². The Morgan fingerprint density at radius 1 is 1.00 bits per heavy atom. The lowest BCUT2D eigenvalue weighted by Crippen LogP contribution is -2.37. The van der Waals surface area contributed by atoms with Gasteiger partial charge in [0.15, 0.2) is 11.5 Å². The predicted molar refractivity (Wildman–Crippen MR) is 115 cm³/mol. The van der Waals surface area contributed by atoms with Crippen molar-refractivity contribution in [1.82, 2.24) is 19.3 Å². The number of rotatable bonds is 4. The Morgan fingerprint density at radius 2 is 1.90 bits per heavy atom. The summed E-state index contributed by atoms with van der Waals surface area (Å²) in [7, 11) is 0. The number of fused-ring (bicyclic) bond motifs is 2. The first kappa shape index (κ1) is 18.4. The summed E-state index contributed by atoms with van der Waals surface area (Å²) >= 11 is 0. The van der Waals surface area contributed by atoms with Gasteiger partial charge in [-0.2, -0.15) is 0 Å². The molecule has 0 spiro atoms. The summed E-state index contributed by atoms with van der Waals surface area (Å²) in [6.45, 7) is 3.50. The van der Waals surface area contributed by atoms with Crippen molar-refractivity contribution in [1.29, 1.82) is 0 Å². The van der Waals surface area contributed by atoms with E-state index in [1.807, 2.05) is 42.7 Å². The third kappa shape index (κ3) is 3.52. The lowest BCUT2D eigenvalue weighted by molar-refractivity contribution is -0.0347. The second-order valence-electron chi connectivity index (χ2n) is 7.82. The van der Waals surface area contributed by atoms with Gasteiger partial charge < -0.3 is 14.2 Å². The van der Waals surface area contributed by atoms with E-state index >= 15 is 0 Å². The molecular formula is C24H22N4O3. The minimum atomic E-state index is -0.0621. The molecule has 0 saturated carbocycles. The van der Waals surface area contributed by atoms with E-state index in [-0.39, 0.29) is 6.10 Å². The molecule has 0 radical (unpaired) electrons. The molecular weight excluding hydrogens is 392 g/mol. The van der Waals surface area contributed by atoms with E-state index in [1.165, 1.54) is 5.56 Å². The maximum absolute atomic E-state index is 6.11. The zero-order chi connectivity index (χ0) is 20.6. The summed E-state index contributed by atoms with van der Waals surface area (Å²) in [5.41, 5.74) is 5.28. The van der Waals surface area contributed by atoms with Crippen LogP contribution in [0, 0.1) is 0 Å². The number of imidazole rings is 1. The quantitative estimate of drug-likeness (QED) is 0.508. The number of hydrogen-bond acceptors (Lipinski definition) is 6. The Bertz CT molecular complexity index is 1220. The first-order valence-corrected chi connectivity index (χ1v) is 10.4. The van der Waals surface area contributed by atoms with Crippen LogP contribution in [0.3, 0.4) is 0 Å². The first-order valence-electron chi connectivity index (χ1n) is 10.4. The highest BCUT2D eigenvalue weighted by molar-refractivity contribution is 5.63. The highest BCUT2D eigenvalue weighted by Gasteiger charge is 2.25. The summed E-state index contributed by atoms with van der Waals surface area (Å²) in [5.74, 6) is 1.64. The van der Waals surface area contributed by atoms with Crippen molar-refractivity contribution in [3.63, 3.8) is 0 Å². The summed E-state index contributed by atoms with van der Waals surface area (Å²) in [5, 5.41) is 0. The van der Waals surface area contributed by atoms with Gasteiger partial charge in [0.2, 0.25) is 6.79 Å². The Labute approximate surface area is 179 Å². The summed E-state index contributed by atoms with van der Waals surface area (Å²) in [4.78, 5) is 11.4. The number of nitrogens with zero attached hydrogens (tertiary/aromatic N) is 4. The summed E-state index contributed by atoms with van der Waals surface area (Å²) in [6, 6.07) is 16.3. The van der Waals surface area contributed by atoms with Crippen LogP contribution in [0.4, 0.5) is 0 Å². The second-order valence-corrected chi connectivity index (χ2v) is 7.82. The molecule has 2 aliphatic heterocycles. The van der Waals surface area contributed by atoms with Crippen molar-refractivity contribution in [2.45, 2.75) is 12.6 Å². The first-order chi connectivity index (χ1) is 15.3. The van der Waals surface area contributed by atoms with E-state index < -0.39 is 0 Å². The van der Waals surface area contributed by atoms with Gasteiger partial charge in [-0.05, 0) is 42.0 Å². The molecule has 7 heteroatoms. The summed E-state index contributed by atoms with van der Waals surface area (Å²) < 4.78 is 19.2. The molecule has 5 heterocycles. The van der Waals surface area contributed by atoms with E-state index in [2.05, 4.69) is 38.7 Å². The Balaban J connectivity index is 1.24. The van der Waals surface area contributed by atoms with Crippen molar-refractivity contribution < 1.29 is 14.2 Å². The molecule has 0 bridgehead atoms. The Morgan fingerprint density at radius 3 is 2.84 bits per heavy atom. The van der Waals surface area contributed by atoms with E-state index in [9.17, 15) is 0 Å². The van der Waals surface area contributed by atoms with Crippen molar-refractivity contribution in [3.05, 3.63) is 78.4 Å². The van der Waals surface area contributed by atoms with Crippen LogP contribution in [-0.4, -0.2) is 45.8 Å². The van der Waals surface area contributed by atoms with Crippen LogP contribution >= 0.6 is 0 Å². The van der Waals surface area contributed by atoms with Crippen LogP contribution in [0.2, 0.25) is 0 Å². The Hall–Kier alpha value is -3.42. The molecule has 0 unspecified atom stereocenters. The number of morpholine rings is 1. The van der Waals surface area contributed by atoms with Crippen molar-refractivity contribution in [2.24, 2.45) is 0 Å². The van der Waals surface area contributed by atoms with Gasteiger partial charge in [0.1, 0.15) is 11.8 Å². The fraction of sp³-hybridized carbons (Fsp3) is 0.250. The highest BCUT2D eigenvalue weighted by Crippen LogP contribution is 2.33. The molecule has 1 saturated heterocycles. The third-order valence-corrected chi connectivity index (χ3v) is 5.81. The number of hydrogen-bond donors (Lipinski definition) is 0. The molecule has 0 amide bonds. The van der Waals surface area contributed by atoms with Gasteiger partial charge in [-0.25, -0.2) is 4.98 Å². The zero-order valence-electron chi connectivity index (χ0n) is 17.0. The lowest BCUT2D eigenvalue weighted by Gasteiger charge is -2.32. The molecule has 7 nitrogen and oxygen atoms in total. The minimum absolute atomic E-state index is 0.0621. The van der Waals surface area contributed by atoms with Crippen LogP contribution in [0.5, 0.6) is 11.5 Å². The number of ether oxygens (including phenoxy) is 3. The molecule has 1 fully saturated rings. The molecule has 1 aromatic carbocycles. The number of aromatic nitrogens is 3. The SMILES string of the molecule is c1cc(-c2ccncc2)n2cc([C@H]3CN(Cc4ccc5c(c4)OCO5)CCO3)nc2c1. The number of benzene rings is 1. The summed E-state index contributed by atoms with van der Waals surface area (Å²) in [6.07, 6.45) is 5.65. The van der Waals surface area contributed by atoms with Gasteiger partial charge in [0.05, 0.1) is 18.0 Å². The van der Waals surface area contributed by atoms with Gasteiger partial charge in [0.25, 0.3) is 0 Å². The normalized spacial score (nSPS) is 18.5. The monoisotopic (exact) mass is 414 g/mol. The van der Waals surface area contributed by atoms with Gasteiger partial charge in [-0.15, -0.1) is 0 Å². The predicted octanol–water partition coefficient (Wildman–Crippen LogP) is 3.70. The molecule has 1 atom stereocenters. The van der Waals surface area contributed by atoms with Crippen molar-refractivity contribution >= 4 is 5.65 Å². The fourth-order valence-corrected chi connectivity index (χ4v) is 4.27. The van der Waals surface area contributed by atoms with Crippen LogP contribution < -0.4 is 9.47 Å². The van der Waals surface area contributed by atoms with Crippen LogP contribution in [0.15, 0.2) is 67.1 Å².